The van der Waals surface area contributed by atoms with E-state index in [0.717, 1.165) is 12.8 Å². The van der Waals surface area contributed by atoms with Crippen molar-refractivity contribution in [1.82, 2.24) is 0 Å². The Morgan fingerprint density at radius 1 is 1.62 bits per heavy atom. The molecule has 0 aliphatic heterocycles. The minimum atomic E-state index is -0.353. The van der Waals surface area contributed by atoms with Crippen LogP contribution in [0.4, 0.5) is 0 Å². The molecule has 13 heavy (non-hydrogen) atoms. The highest BCUT2D eigenvalue weighted by molar-refractivity contribution is 5.85. The lowest BCUT2D eigenvalue weighted by molar-refractivity contribution is -0.153. The first kappa shape index (κ1) is 12.7. The first-order valence-corrected chi connectivity index (χ1v) is 4.36. The van der Waals surface area contributed by atoms with Gasteiger partial charge < -0.3 is 10.5 Å². The second-order valence-electron chi connectivity index (χ2n) is 3.90. The zero-order chi connectivity index (χ0) is 9.35. The molecule has 0 radical (unpaired) electrons. The van der Waals surface area contributed by atoms with Gasteiger partial charge in [0.2, 0.25) is 0 Å². The van der Waals surface area contributed by atoms with Crippen LogP contribution in [-0.2, 0) is 9.53 Å². The third-order valence-corrected chi connectivity index (χ3v) is 3.30. The van der Waals surface area contributed by atoms with Gasteiger partial charge in [-0.2, -0.15) is 0 Å². The van der Waals surface area contributed by atoms with Crippen molar-refractivity contribution in [3.63, 3.8) is 0 Å². The summed E-state index contributed by atoms with van der Waals surface area (Å²) in [6.07, 6.45) is 1.77. The van der Waals surface area contributed by atoms with Gasteiger partial charge in [-0.15, -0.1) is 12.4 Å². The lowest BCUT2D eigenvalue weighted by Crippen LogP contribution is -2.37. The number of methoxy groups -OCH3 is 1. The monoisotopic (exact) mass is 207 g/mol. The normalized spacial score (nSPS) is 38.2. The molecule has 1 aliphatic rings. The van der Waals surface area contributed by atoms with E-state index >= 15 is 0 Å². The van der Waals surface area contributed by atoms with Crippen molar-refractivity contribution in [3.8, 4) is 0 Å². The first-order chi connectivity index (χ1) is 5.52. The maximum Gasteiger partial charge on any atom is 0.311 e. The molecule has 1 saturated carbocycles. The van der Waals surface area contributed by atoms with Gasteiger partial charge in [0, 0.05) is 6.04 Å². The fourth-order valence-corrected chi connectivity index (χ4v) is 1.94. The van der Waals surface area contributed by atoms with E-state index < -0.39 is 0 Å². The predicted molar refractivity (Wildman–Crippen MR) is 53.7 cm³/mol. The molecular formula is C9H18ClNO2. The van der Waals surface area contributed by atoms with Crippen LogP contribution in [-0.4, -0.2) is 19.1 Å². The summed E-state index contributed by atoms with van der Waals surface area (Å²) in [4.78, 5) is 11.4. The van der Waals surface area contributed by atoms with Gasteiger partial charge in [-0.05, 0) is 25.7 Å². The van der Waals surface area contributed by atoms with Gasteiger partial charge >= 0.3 is 5.97 Å². The molecule has 4 heteroatoms. The molecule has 0 heterocycles. The molecule has 0 bridgehead atoms. The van der Waals surface area contributed by atoms with E-state index in [-0.39, 0.29) is 35.8 Å². The van der Waals surface area contributed by atoms with Crippen LogP contribution in [0.15, 0.2) is 0 Å². The van der Waals surface area contributed by atoms with Crippen molar-refractivity contribution in [3.05, 3.63) is 0 Å². The lowest BCUT2D eigenvalue weighted by atomic mass is 9.80. The SMILES string of the molecule is COC(=O)C1(C)CCC(N)C1C.Cl. The summed E-state index contributed by atoms with van der Waals surface area (Å²) in [7, 11) is 1.43. The van der Waals surface area contributed by atoms with Crippen LogP contribution in [0.3, 0.4) is 0 Å². The van der Waals surface area contributed by atoms with Gasteiger partial charge in [0.15, 0.2) is 0 Å². The smallest absolute Gasteiger partial charge is 0.311 e. The molecular weight excluding hydrogens is 190 g/mol. The summed E-state index contributed by atoms with van der Waals surface area (Å²) in [5.74, 6) is 0.105. The van der Waals surface area contributed by atoms with Crippen LogP contribution in [0.25, 0.3) is 0 Å². The number of carbonyl (C=O) groups excluding carboxylic acids is 1. The molecule has 2 N–H and O–H groups in total. The van der Waals surface area contributed by atoms with E-state index in [4.69, 9.17) is 10.5 Å². The molecule has 0 amide bonds. The van der Waals surface area contributed by atoms with Crippen molar-refractivity contribution < 1.29 is 9.53 Å². The number of rotatable bonds is 1. The number of ether oxygens (including phenoxy) is 1. The van der Waals surface area contributed by atoms with Crippen LogP contribution in [0, 0.1) is 11.3 Å². The van der Waals surface area contributed by atoms with Crippen LogP contribution < -0.4 is 5.73 Å². The zero-order valence-electron chi connectivity index (χ0n) is 8.37. The highest BCUT2D eigenvalue weighted by Crippen LogP contribution is 2.42. The molecule has 0 saturated heterocycles. The Kier molecular flexibility index (Phi) is 4.20. The highest BCUT2D eigenvalue weighted by Gasteiger charge is 2.47. The summed E-state index contributed by atoms with van der Waals surface area (Å²) in [6.45, 7) is 3.96. The maximum atomic E-state index is 11.4. The lowest BCUT2D eigenvalue weighted by Gasteiger charge is -2.27. The predicted octanol–water partition coefficient (Wildman–Crippen LogP) is 1.34. The zero-order valence-corrected chi connectivity index (χ0v) is 9.19. The van der Waals surface area contributed by atoms with Crippen molar-refractivity contribution >= 4 is 18.4 Å². The Morgan fingerprint density at radius 2 is 2.15 bits per heavy atom. The molecule has 78 valence electrons. The van der Waals surface area contributed by atoms with E-state index in [2.05, 4.69) is 0 Å². The van der Waals surface area contributed by atoms with Gasteiger partial charge in [-0.3, -0.25) is 4.79 Å². The minimum Gasteiger partial charge on any atom is -0.469 e. The molecule has 1 aliphatic carbocycles. The maximum absolute atomic E-state index is 11.4. The second-order valence-corrected chi connectivity index (χ2v) is 3.90. The van der Waals surface area contributed by atoms with Gasteiger partial charge in [0.05, 0.1) is 12.5 Å². The van der Waals surface area contributed by atoms with Crippen LogP contribution >= 0.6 is 12.4 Å². The third kappa shape index (κ3) is 1.97. The van der Waals surface area contributed by atoms with Crippen molar-refractivity contribution in [2.24, 2.45) is 17.1 Å². The van der Waals surface area contributed by atoms with Crippen molar-refractivity contribution in [1.29, 1.82) is 0 Å². The average Bonchev–Trinajstić information content (AvgIpc) is 2.33. The minimum absolute atomic E-state index is 0. The number of nitrogens with two attached hydrogens (primary N) is 1. The van der Waals surface area contributed by atoms with Gasteiger partial charge in [-0.25, -0.2) is 0 Å². The van der Waals surface area contributed by atoms with Gasteiger partial charge in [0.25, 0.3) is 0 Å². The molecule has 3 unspecified atom stereocenters. The summed E-state index contributed by atoms with van der Waals surface area (Å²) in [5, 5.41) is 0. The molecule has 3 atom stereocenters. The fraction of sp³-hybridized carbons (Fsp3) is 0.889. The second kappa shape index (κ2) is 4.29. The Hall–Kier alpha value is -0.280. The molecule has 0 aromatic heterocycles. The molecule has 0 spiro atoms. The van der Waals surface area contributed by atoms with Gasteiger partial charge in [0.1, 0.15) is 0 Å². The van der Waals surface area contributed by atoms with Crippen LogP contribution in [0.2, 0.25) is 0 Å². The Morgan fingerprint density at radius 3 is 2.46 bits per heavy atom. The highest BCUT2D eigenvalue weighted by atomic mass is 35.5. The summed E-state index contributed by atoms with van der Waals surface area (Å²) in [5.41, 5.74) is 5.49. The third-order valence-electron chi connectivity index (χ3n) is 3.30. The van der Waals surface area contributed by atoms with Crippen LogP contribution in [0.5, 0.6) is 0 Å². The van der Waals surface area contributed by atoms with E-state index in [0.29, 0.717) is 0 Å². The number of carbonyl (C=O) groups is 1. The van der Waals surface area contributed by atoms with Crippen molar-refractivity contribution in [2.75, 3.05) is 7.11 Å². The quantitative estimate of drug-likeness (QED) is 0.661. The van der Waals surface area contributed by atoms with E-state index in [1.165, 1.54) is 7.11 Å². The Bertz CT molecular complexity index is 198. The number of hydrogen-bond acceptors (Lipinski definition) is 3. The molecule has 1 rings (SSSR count). The van der Waals surface area contributed by atoms with E-state index in [1.54, 1.807) is 0 Å². The Balaban J connectivity index is 0.00000144. The van der Waals surface area contributed by atoms with Crippen LogP contribution in [0.1, 0.15) is 26.7 Å². The number of hydrogen-bond donors (Lipinski definition) is 1. The van der Waals surface area contributed by atoms with E-state index in [9.17, 15) is 4.79 Å². The summed E-state index contributed by atoms with van der Waals surface area (Å²) < 4.78 is 4.76. The summed E-state index contributed by atoms with van der Waals surface area (Å²) >= 11 is 0. The first-order valence-electron chi connectivity index (χ1n) is 4.36. The standard InChI is InChI=1S/C9H17NO2.ClH/c1-6-7(10)4-5-9(6,2)8(11)12-3;/h6-7H,4-5,10H2,1-3H3;1H. The molecule has 0 aromatic carbocycles. The molecule has 1 fully saturated rings. The molecule has 0 aromatic rings. The fourth-order valence-electron chi connectivity index (χ4n) is 1.94. The summed E-state index contributed by atoms with van der Waals surface area (Å²) in [6, 6.07) is 0.147. The number of halogens is 1. The van der Waals surface area contributed by atoms with Gasteiger partial charge in [-0.1, -0.05) is 6.92 Å². The Labute approximate surface area is 85.4 Å². The topological polar surface area (TPSA) is 52.3 Å². The van der Waals surface area contributed by atoms with E-state index in [1.807, 2.05) is 13.8 Å². The average molecular weight is 208 g/mol. The van der Waals surface area contributed by atoms with Crippen molar-refractivity contribution in [2.45, 2.75) is 32.7 Å². The number of esters is 1. The molecule has 3 nitrogen and oxygen atoms in total. The largest absolute Gasteiger partial charge is 0.469 e.